The molecule has 3 heterocycles. The van der Waals surface area contributed by atoms with Crippen LogP contribution in [-0.2, 0) is 20.7 Å². The summed E-state index contributed by atoms with van der Waals surface area (Å²) in [5, 5.41) is 15.9. The second-order valence-corrected chi connectivity index (χ2v) is 16.5. The Bertz CT molecular complexity index is 1760. The summed E-state index contributed by atoms with van der Waals surface area (Å²) in [6, 6.07) is 12.8. The van der Waals surface area contributed by atoms with Crippen LogP contribution in [0.3, 0.4) is 0 Å². The third-order valence-corrected chi connectivity index (χ3v) is 13.0. The molecule has 3 aliphatic carbocycles. The molecule has 266 valence electrons. The number of amides is 1. The maximum absolute atomic E-state index is 15.0. The zero-order valence-electron chi connectivity index (χ0n) is 28.1. The molecule has 9 nitrogen and oxygen atoms in total. The number of likely N-dealkylation sites (tertiary alicyclic amines) is 2. The number of carbonyl (C=O) groups excluding carboxylic acids is 2. The number of carboxylic acid groups (broad SMARTS) is 1. The molecule has 50 heavy (non-hydrogen) atoms. The fourth-order valence-corrected chi connectivity index (χ4v) is 9.83. The van der Waals surface area contributed by atoms with Crippen LogP contribution in [0.15, 0.2) is 41.8 Å². The van der Waals surface area contributed by atoms with E-state index in [1.165, 1.54) is 37.0 Å². The van der Waals surface area contributed by atoms with E-state index in [9.17, 15) is 19.5 Å². The quantitative estimate of drug-likeness (QED) is 0.189. The largest absolute Gasteiger partial charge is 0.481 e. The molecular formula is C38H44Cl2N4O5S. The summed E-state index contributed by atoms with van der Waals surface area (Å²) in [6.07, 6.45) is 9.08. The summed E-state index contributed by atoms with van der Waals surface area (Å²) in [5.41, 5.74) is 1.53. The molecule has 3 saturated carbocycles. The molecular weight excluding hydrogens is 695 g/mol. The second-order valence-electron chi connectivity index (χ2n) is 14.8. The number of ether oxygens (including phenoxy) is 1. The lowest BCUT2D eigenvalue weighted by Gasteiger charge is -2.57. The summed E-state index contributed by atoms with van der Waals surface area (Å²) in [7, 11) is 0. The first-order valence-corrected chi connectivity index (χ1v) is 19.8. The Morgan fingerprint density at radius 2 is 1.58 bits per heavy atom. The van der Waals surface area contributed by atoms with Gasteiger partial charge in [0.15, 0.2) is 5.78 Å². The lowest BCUT2D eigenvalue weighted by molar-refractivity contribution is -0.277. The number of rotatable bonds is 13. The molecule has 2 N–H and O–H groups in total. The number of benzene rings is 2. The molecule has 2 saturated heterocycles. The normalized spacial score (nSPS) is 24.7. The van der Waals surface area contributed by atoms with Crippen molar-refractivity contribution in [2.75, 3.05) is 31.5 Å². The fraction of sp³-hybridized carbons (Fsp3) is 0.553. The predicted octanol–water partition coefficient (Wildman–Crippen LogP) is 7.29. The van der Waals surface area contributed by atoms with Crippen LogP contribution in [0.25, 0.3) is 10.1 Å². The van der Waals surface area contributed by atoms with E-state index in [4.69, 9.17) is 27.9 Å². The number of carboxylic acids is 1. The van der Waals surface area contributed by atoms with Gasteiger partial charge in [-0.1, -0.05) is 41.4 Å². The van der Waals surface area contributed by atoms with Gasteiger partial charge in [-0.2, -0.15) is 0 Å². The number of thiophene rings is 1. The van der Waals surface area contributed by atoms with Gasteiger partial charge in [0.25, 0.3) is 5.91 Å². The van der Waals surface area contributed by atoms with Crippen LogP contribution in [0.2, 0.25) is 10.0 Å². The number of Topliss-reactive ketones (excluding diaryl/α,β-unsaturated/α-hetero) is 1. The Morgan fingerprint density at radius 3 is 2.24 bits per heavy atom. The third-order valence-electron chi connectivity index (χ3n) is 11.4. The van der Waals surface area contributed by atoms with E-state index in [-0.39, 0.29) is 30.1 Å². The molecule has 8 rings (SSSR count). The van der Waals surface area contributed by atoms with Crippen LogP contribution in [0.1, 0.15) is 80.1 Å². The maximum Gasteiger partial charge on any atom is 0.306 e. The summed E-state index contributed by atoms with van der Waals surface area (Å²) in [5.74, 6) is -2.76. The number of ketones is 1. The Balaban J connectivity index is 1.05. The van der Waals surface area contributed by atoms with Gasteiger partial charge < -0.3 is 15.2 Å². The molecule has 2 aromatic carbocycles. The summed E-state index contributed by atoms with van der Waals surface area (Å²) in [4.78, 5) is 47.2. The number of fused-ring (bicyclic) bond motifs is 1. The molecule has 1 unspecified atom stereocenters. The van der Waals surface area contributed by atoms with Crippen molar-refractivity contribution in [1.29, 1.82) is 0 Å². The molecule has 5 fully saturated rings. The lowest BCUT2D eigenvalue weighted by Crippen LogP contribution is -2.76. The van der Waals surface area contributed by atoms with Crippen molar-refractivity contribution >= 4 is 68.0 Å². The van der Waals surface area contributed by atoms with Crippen LogP contribution < -0.4 is 5.32 Å². The molecule has 0 radical (unpaired) electrons. The van der Waals surface area contributed by atoms with Crippen LogP contribution in [-0.4, -0.2) is 93.7 Å². The SMILES string of the molecule is O=C(Nc1cc(Cl)c(CC(=O)C(OC2CCC(C(=O)O)CC2)(N2CCCC2)N2CC(N(C3CC3)C3CC3)C2)cc1Cl)c1csc2ccccc12. The van der Waals surface area contributed by atoms with E-state index in [1.54, 1.807) is 12.1 Å². The highest BCUT2D eigenvalue weighted by Gasteiger charge is 2.58. The highest BCUT2D eigenvalue weighted by atomic mass is 35.5. The molecule has 0 bridgehead atoms. The zero-order chi connectivity index (χ0) is 34.6. The van der Waals surface area contributed by atoms with E-state index in [2.05, 4.69) is 20.0 Å². The molecule has 3 aromatic rings. The van der Waals surface area contributed by atoms with E-state index < -0.39 is 11.8 Å². The Kier molecular flexibility index (Phi) is 9.73. The van der Waals surface area contributed by atoms with Gasteiger partial charge in [0.05, 0.1) is 28.3 Å². The van der Waals surface area contributed by atoms with Gasteiger partial charge in [-0.05, 0) is 88.0 Å². The minimum Gasteiger partial charge on any atom is -0.481 e. The third kappa shape index (κ3) is 6.73. The van der Waals surface area contributed by atoms with Crippen LogP contribution in [0.4, 0.5) is 5.69 Å². The standard InChI is InChI=1S/C38H44Cl2N4O5S/c39-31-19-33(41-36(46)30-22-50-34-6-2-1-5-29(30)34)32(40)17-24(31)18-35(45)38(42-15-3-4-16-42,49-28-13-7-23(8-14-28)37(47)48)43-20-27(21-43)44(25-9-10-25)26-11-12-26/h1-2,5-6,17,19,22-23,25-28H,3-4,7-16,18,20-21H2,(H,41,46)(H,47,48). The zero-order valence-corrected chi connectivity index (χ0v) is 30.4. The summed E-state index contributed by atoms with van der Waals surface area (Å²) >= 11 is 15.2. The highest BCUT2D eigenvalue weighted by Crippen LogP contribution is 2.44. The molecule has 1 aromatic heterocycles. The highest BCUT2D eigenvalue weighted by molar-refractivity contribution is 7.17. The lowest BCUT2D eigenvalue weighted by atomic mass is 9.87. The average Bonchev–Trinajstić information content (AvgIpc) is 4.01. The number of anilines is 1. The summed E-state index contributed by atoms with van der Waals surface area (Å²) in [6.45, 7) is 3.03. The predicted molar refractivity (Wildman–Crippen MR) is 196 cm³/mol. The molecule has 2 aliphatic heterocycles. The van der Waals surface area contributed by atoms with Gasteiger partial charge in [0, 0.05) is 71.2 Å². The van der Waals surface area contributed by atoms with E-state index >= 15 is 0 Å². The number of aliphatic carboxylic acids is 1. The molecule has 5 aliphatic rings. The minimum atomic E-state index is -1.27. The first kappa shape index (κ1) is 34.5. The molecule has 0 spiro atoms. The van der Waals surface area contributed by atoms with Gasteiger partial charge in [0.2, 0.25) is 5.85 Å². The Morgan fingerprint density at radius 1 is 0.900 bits per heavy atom. The van der Waals surface area contributed by atoms with Crippen molar-refractivity contribution in [3.8, 4) is 0 Å². The molecule has 12 heteroatoms. The second kappa shape index (κ2) is 14.1. The van der Waals surface area contributed by atoms with Crippen LogP contribution in [0.5, 0.6) is 0 Å². The van der Waals surface area contributed by atoms with E-state index in [0.29, 0.717) is 70.7 Å². The summed E-state index contributed by atoms with van der Waals surface area (Å²) < 4.78 is 8.11. The van der Waals surface area contributed by atoms with Crippen molar-refractivity contribution in [2.45, 2.75) is 101 Å². The monoisotopic (exact) mass is 738 g/mol. The van der Waals surface area contributed by atoms with Gasteiger partial charge in [-0.3, -0.25) is 29.1 Å². The number of halogens is 2. The van der Waals surface area contributed by atoms with Crippen LogP contribution >= 0.6 is 34.5 Å². The van der Waals surface area contributed by atoms with Gasteiger partial charge in [0.1, 0.15) is 0 Å². The van der Waals surface area contributed by atoms with Gasteiger partial charge >= 0.3 is 5.97 Å². The average molecular weight is 740 g/mol. The Hall–Kier alpha value is -2.57. The van der Waals surface area contributed by atoms with Crippen molar-refractivity contribution in [1.82, 2.24) is 14.7 Å². The number of hydrogen-bond acceptors (Lipinski definition) is 8. The number of nitrogens with one attached hydrogen (secondary N) is 1. The first-order valence-electron chi connectivity index (χ1n) is 18.2. The van der Waals surface area contributed by atoms with Crippen LogP contribution in [0, 0.1) is 5.92 Å². The van der Waals surface area contributed by atoms with Crippen molar-refractivity contribution in [3.05, 3.63) is 63.0 Å². The number of nitrogens with zero attached hydrogens (tertiary/aromatic N) is 3. The van der Waals surface area contributed by atoms with E-state index in [1.807, 2.05) is 29.6 Å². The van der Waals surface area contributed by atoms with Crippen molar-refractivity contribution in [2.24, 2.45) is 5.92 Å². The molecule has 1 atom stereocenters. The fourth-order valence-electron chi connectivity index (χ4n) is 8.43. The molecule has 1 amide bonds. The Labute approximate surface area is 306 Å². The maximum atomic E-state index is 15.0. The van der Waals surface area contributed by atoms with Crippen molar-refractivity contribution in [3.63, 3.8) is 0 Å². The van der Waals surface area contributed by atoms with E-state index in [0.717, 1.165) is 49.1 Å². The topological polar surface area (TPSA) is 102 Å². The smallest absolute Gasteiger partial charge is 0.306 e. The minimum absolute atomic E-state index is 0.0129. The van der Waals surface area contributed by atoms with Gasteiger partial charge in [-0.15, -0.1) is 11.3 Å². The first-order chi connectivity index (χ1) is 24.2. The van der Waals surface area contributed by atoms with Gasteiger partial charge in [-0.25, -0.2) is 0 Å². The van der Waals surface area contributed by atoms with Crippen molar-refractivity contribution < 1.29 is 24.2 Å². The number of carbonyl (C=O) groups is 3. The number of hydrogen-bond donors (Lipinski definition) is 2.